The van der Waals surface area contributed by atoms with Gasteiger partial charge in [0.2, 0.25) is 0 Å². The highest BCUT2D eigenvalue weighted by molar-refractivity contribution is 5.18. The number of hydrogen-bond donors (Lipinski definition) is 2. The molecule has 5 heteroatoms. The first kappa shape index (κ1) is 15.9. The first-order valence-corrected chi connectivity index (χ1v) is 6.63. The molecule has 1 aromatic heterocycles. The van der Waals surface area contributed by atoms with Crippen molar-refractivity contribution in [2.45, 2.75) is 47.1 Å². The van der Waals surface area contributed by atoms with Crippen molar-refractivity contribution in [3.05, 3.63) is 27.4 Å². The summed E-state index contributed by atoms with van der Waals surface area (Å²) in [7, 11) is 0. The van der Waals surface area contributed by atoms with Crippen LogP contribution in [0.5, 0.6) is 0 Å². The lowest BCUT2D eigenvalue weighted by Gasteiger charge is -2.29. The molecule has 0 saturated carbocycles. The Labute approximate surface area is 114 Å². The zero-order chi connectivity index (χ0) is 14.6. The van der Waals surface area contributed by atoms with Gasteiger partial charge in [-0.2, -0.15) is 0 Å². The molecule has 5 nitrogen and oxygen atoms in total. The fraction of sp³-hybridized carbons (Fsp3) is 0.714. The van der Waals surface area contributed by atoms with Gasteiger partial charge in [-0.15, -0.1) is 0 Å². The van der Waals surface area contributed by atoms with Crippen LogP contribution in [0.25, 0.3) is 0 Å². The summed E-state index contributed by atoms with van der Waals surface area (Å²) >= 11 is 0. The van der Waals surface area contributed by atoms with E-state index in [1.807, 2.05) is 27.7 Å². The number of aromatic nitrogens is 2. The van der Waals surface area contributed by atoms with Crippen molar-refractivity contribution >= 4 is 0 Å². The Morgan fingerprint density at radius 2 is 2.05 bits per heavy atom. The molecule has 2 N–H and O–H groups in total. The van der Waals surface area contributed by atoms with E-state index in [2.05, 4.69) is 9.97 Å². The number of hydrogen-bond acceptors (Lipinski definition) is 4. The molecule has 1 unspecified atom stereocenters. The normalized spacial score (nSPS) is 13.6. The van der Waals surface area contributed by atoms with E-state index in [9.17, 15) is 4.79 Å². The molecule has 0 aromatic carbocycles. The predicted octanol–water partition coefficient (Wildman–Crippen LogP) is 1.74. The fourth-order valence-corrected chi connectivity index (χ4v) is 2.07. The summed E-state index contributed by atoms with van der Waals surface area (Å²) in [5, 5.41) is 8.96. The van der Waals surface area contributed by atoms with Gasteiger partial charge in [0.15, 0.2) is 0 Å². The lowest BCUT2D eigenvalue weighted by molar-refractivity contribution is -0.0194. The maximum atomic E-state index is 12.0. The van der Waals surface area contributed by atoms with Crippen LogP contribution in [0.3, 0.4) is 0 Å². The fourth-order valence-electron chi connectivity index (χ4n) is 2.07. The van der Waals surface area contributed by atoms with Gasteiger partial charge in [-0.1, -0.05) is 20.8 Å². The van der Waals surface area contributed by atoms with E-state index in [1.54, 1.807) is 6.92 Å². The second-order valence-electron chi connectivity index (χ2n) is 5.69. The zero-order valence-corrected chi connectivity index (χ0v) is 12.4. The highest BCUT2D eigenvalue weighted by Crippen LogP contribution is 2.33. The van der Waals surface area contributed by atoms with Gasteiger partial charge >= 0.3 is 0 Å². The molecule has 0 amide bonds. The third-order valence-electron chi connectivity index (χ3n) is 2.97. The molecule has 19 heavy (non-hydrogen) atoms. The highest BCUT2D eigenvalue weighted by atomic mass is 16.5. The van der Waals surface area contributed by atoms with Crippen molar-refractivity contribution in [2.24, 2.45) is 5.41 Å². The molecule has 1 heterocycles. The second kappa shape index (κ2) is 6.30. The monoisotopic (exact) mass is 268 g/mol. The number of aryl methyl sites for hydroxylation is 1. The number of aromatic amines is 1. The van der Waals surface area contributed by atoms with E-state index in [0.29, 0.717) is 30.1 Å². The van der Waals surface area contributed by atoms with Crippen LogP contribution in [0, 0.1) is 12.3 Å². The Morgan fingerprint density at radius 3 is 2.47 bits per heavy atom. The van der Waals surface area contributed by atoms with E-state index in [4.69, 9.17) is 9.84 Å². The van der Waals surface area contributed by atoms with Gasteiger partial charge in [0.25, 0.3) is 5.56 Å². The summed E-state index contributed by atoms with van der Waals surface area (Å²) in [5.74, 6) is 0.554. The average molecular weight is 268 g/mol. The SMILES string of the molecule is CCOC(c1nc(C)c(CCO)c(=O)[nH]1)C(C)(C)C. The molecule has 108 valence electrons. The van der Waals surface area contributed by atoms with E-state index in [0.717, 1.165) is 0 Å². The predicted molar refractivity (Wildman–Crippen MR) is 74.2 cm³/mol. The van der Waals surface area contributed by atoms with Gasteiger partial charge in [0, 0.05) is 30.9 Å². The highest BCUT2D eigenvalue weighted by Gasteiger charge is 2.29. The van der Waals surface area contributed by atoms with Gasteiger partial charge in [-0.3, -0.25) is 4.79 Å². The molecule has 0 fully saturated rings. The van der Waals surface area contributed by atoms with Crippen molar-refractivity contribution < 1.29 is 9.84 Å². The largest absolute Gasteiger partial charge is 0.396 e. The molecule has 1 rings (SSSR count). The molecule has 0 aliphatic carbocycles. The minimum absolute atomic E-state index is 0.0564. The Balaban J connectivity index is 3.23. The molecule has 0 saturated heterocycles. The van der Waals surface area contributed by atoms with Crippen molar-refractivity contribution in [3.8, 4) is 0 Å². The number of H-pyrrole nitrogens is 1. The van der Waals surface area contributed by atoms with Crippen molar-refractivity contribution in [1.29, 1.82) is 0 Å². The molecule has 0 bridgehead atoms. The number of aliphatic hydroxyl groups is 1. The third kappa shape index (κ3) is 3.88. The van der Waals surface area contributed by atoms with Gasteiger partial charge in [-0.25, -0.2) is 4.98 Å². The first-order chi connectivity index (χ1) is 8.81. The van der Waals surface area contributed by atoms with Crippen LogP contribution in [-0.4, -0.2) is 28.3 Å². The Bertz CT molecular complexity index is 475. The van der Waals surface area contributed by atoms with Gasteiger partial charge in [-0.05, 0) is 19.3 Å². The molecule has 0 aliphatic heterocycles. The van der Waals surface area contributed by atoms with Crippen LogP contribution < -0.4 is 5.56 Å². The van der Waals surface area contributed by atoms with Crippen molar-refractivity contribution in [3.63, 3.8) is 0 Å². The molecule has 0 aliphatic rings. The molecular formula is C14H24N2O3. The quantitative estimate of drug-likeness (QED) is 0.853. The zero-order valence-electron chi connectivity index (χ0n) is 12.4. The van der Waals surface area contributed by atoms with Crippen LogP contribution in [-0.2, 0) is 11.2 Å². The smallest absolute Gasteiger partial charge is 0.254 e. The second-order valence-corrected chi connectivity index (χ2v) is 5.69. The van der Waals surface area contributed by atoms with Gasteiger partial charge in [0.05, 0.1) is 0 Å². The standard InChI is InChI=1S/C14H24N2O3/c1-6-19-11(14(3,4)5)12-15-9(2)10(7-8-17)13(18)16-12/h11,17H,6-8H2,1-5H3,(H,15,16,18). The topological polar surface area (TPSA) is 75.2 Å². The Hall–Kier alpha value is -1.20. The van der Waals surface area contributed by atoms with Crippen LogP contribution in [0.4, 0.5) is 0 Å². The lowest BCUT2D eigenvalue weighted by atomic mass is 9.88. The first-order valence-electron chi connectivity index (χ1n) is 6.63. The number of nitrogens with one attached hydrogen (secondary N) is 1. The van der Waals surface area contributed by atoms with Crippen LogP contribution in [0.1, 0.15) is 50.9 Å². The summed E-state index contributed by atoms with van der Waals surface area (Å²) in [4.78, 5) is 19.3. The van der Waals surface area contributed by atoms with E-state index in [-0.39, 0.29) is 23.7 Å². The number of nitrogens with zero attached hydrogens (tertiary/aromatic N) is 1. The minimum atomic E-state index is -0.257. The van der Waals surface area contributed by atoms with Gasteiger partial charge < -0.3 is 14.8 Å². The van der Waals surface area contributed by atoms with Crippen molar-refractivity contribution in [1.82, 2.24) is 9.97 Å². The van der Waals surface area contributed by atoms with Gasteiger partial charge in [0.1, 0.15) is 11.9 Å². The third-order valence-corrected chi connectivity index (χ3v) is 2.97. The maximum Gasteiger partial charge on any atom is 0.254 e. The van der Waals surface area contributed by atoms with E-state index < -0.39 is 0 Å². The van der Waals surface area contributed by atoms with Crippen LogP contribution in [0.15, 0.2) is 4.79 Å². The van der Waals surface area contributed by atoms with E-state index >= 15 is 0 Å². The summed E-state index contributed by atoms with van der Waals surface area (Å²) in [6, 6.07) is 0. The lowest BCUT2D eigenvalue weighted by Crippen LogP contribution is -2.28. The summed E-state index contributed by atoms with van der Waals surface area (Å²) in [5.41, 5.74) is 0.847. The summed E-state index contributed by atoms with van der Waals surface area (Å²) in [6.45, 7) is 10.3. The van der Waals surface area contributed by atoms with Crippen LogP contribution >= 0.6 is 0 Å². The number of ether oxygens (including phenoxy) is 1. The summed E-state index contributed by atoms with van der Waals surface area (Å²) < 4.78 is 5.72. The molecule has 1 aromatic rings. The van der Waals surface area contributed by atoms with E-state index in [1.165, 1.54) is 0 Å². The minimum Gasteiger partial charge on any atom is -0.396 e. The molecule has 0 radical (unpaired) electrons. The molecular weight excluding hydrogens is 244 g/mol. The average Bonchev–Trinajstić information content (AvgIpc) is 2.29. The molecule has 0 spiro atoms. The number of rotatable bonds is 5. The van der Waals surface area contributed by atoms with Crippen LogP contribution in [0.2, 0.25) is 0 Å². The molecule has 1 atom stereocenters. The number of aliphatic hydroxyl groups excluding tert-OH is 1. The Kier molecular flexibility index (Phi) is 5.26. The van der Waals surface area contributed by atoms with Crippen molar-refractivity contribution in [2.75, 3.05) is 13.2 Å². The Morgan fingerprint density at radius 1 is 1.42 bits per heavy atom. The summed E-state index contributed by atoms with van der Waals surface area (Å²) in [6.07, 6.45) is 0.0653. The maximum absolute atomic E-state index is 12.0.